The summed E-state index contributed by atoms with van der Waals surface area (Å²) in [5, 5.41) is 14.5. The molecule has 32 heavy (non-hydrogen) atoms. The Bertz CT molecular complexity index is 1150. The Morgan fingerprint density at radius 1 is 1.28 bits per heavy atom. The molecule has 1 aliphatic heterocycles. The molecule has 0 amide bonds. The van der Waals surface area contributed by atoms with Crippen LogP contribution in [0.15, 0.2) is 18.6 Å². The number of nitrogens with one attached hydrogen (secondary N) is 1. The van der Waals surface area contributed by atoms with Crippen molar-refractivity contribution in [2.45, 2.75) is 58.3 Å². The van der Waals surface area contributed by atoms with Gasteiger partial charge in [0.2, 0.25) is 5.78 Å². The molecule has 0 spiro atoms. The highest BCUT2D eigenvalue weighted by molar-refractivity contribution is 7.14. The minimum absolute atomic E-state index is 0.0871. The maximum atomic E-state index is 13.5. The number of anilines is 1. The van der Waals surface area contributed by atoms with Crippen LogP contribution in [0.1, 0.15) is 67.1 Å². The Hall–Kier alpha value is -2.20. The van der Waals surface area contributed by atoms with Crippen LogP contribution in [0, 0.1) is 19.8 Å². The van der Waals surface area contributed by atoms with Gasteiger partial charge in [-0.1, -0.05) is 6.92 Å². The van der Waals surface area contributed by atoms with E-state index in [1.165, 1.54) is 22.5 Å². The number of aliphatic hydroxyl groups excluding tert-OH is 1. The van der Waals surface area contributed by atoms with Crippen LogP contribution >= 0.6 is 22.7 Å². The second-order valence-electron chi connectivity index (χ2n) is 8.64. The quantitative estimate of drug-likeness (QED) is 0.542. The van der Waals surface area contributed by atoms with Crippen molar-refractivity contribution in [3.05, 3.63) is 55.1 Å². The summed E-state index contributed by atoms with van der Waals surface area (Å²) in [6.45, 7) is 6.74. The van der Waals surface area contributed by atoms with Crippen LogP contribution in [-0.2, 0) is 11.2 Å². The maximum absolute atomic E-state index is 13.5. The van der Waals surface area contributed by atoms with Crippen LogP contribution in [0.3, 0.4) is 0 Å². The smallest absolute Gasteiger partial charge is 0.208 e. The highest BCUT2D eigenvalue weighted by Crippen LogP contribution is 2.39. The Morgan fingerprint density at radius 3 is 2.91 bits per heavy atom. The van der Waals surface area contributed by atoms with Gasteiger partial charge in [-0.15, -0.1) is 22.7 Å². The van der Waals surface area contributed by atoms with E-state index in [4.69, 9.17) is 9.72 Å². The van der Waals surface area contributed by atoms with Gasteiger partial charge in [0.25, 0.3) is 0 Å². The van der Waals surface area contributed by atoms with Gasteiger partial charge in [0.15, 0.2) is 0 Å². The number of thiophene rings is 1. The zero-order valence-electron chi connectivity index (χ0n) is 18.3. The minimum atomic E-state index is -0.328. The topological polar surface area (TPSA) is 97.2 Å². The number of nitrogens with zero attached hydrogens (tertiary/aromatic N) is 3. The number of fused-ring (bicyclic) bond motifs is 1. The van der Waals surface area contributed by atoms with E-state index in [0.717, 1.165) is 34.0 Å². The van der Waals surface area contributed by atoms with Crippen molar-refractivity contribution in [3.8, 4) is 0 Å². The van der Waals surface area contributed by atoms with Gasteiger partial charge in [-0.25, -0.2) is 15.0 Å². The lowest BCUT2D eigenvalue weighted by Gasteiger charge is -2.22. The first-order chi connectivity index (χ1) is 15.4. The summed E-state index contributed by atoms with van der Waals surface area (Å²) < 4.78 is 6.09. The largest absolute Gasteiger partial charge is 0.393 e. The lowest BCUT2D eigenvalue weighted by Crippen LogP contribution is -2.20. The molecule has 1 fully saturated rings. The zero-order valence-corrected chi connectivity index (χ0v) is 19.9. The minimum Gasteiger partial charge on any atom is -0.393 e. The third-order valence-electron chi connectivity index (χ3n) is 6.30. The van der Waals surface area contributed by atoms with Crippen LogP contribution < -0.4 is 5.32 Å². The molecule has 0 unspecified atom stereocenters. The molecule has 4 heterocycles. The first-order valence-corrected chi connectivity index (χ1v) is 12.5. The third-order valence-corrected chi connectivity index (χ3v) is 8.41. The van der Waals surface area contributed by atoms with Crippen molar-refractivity contribution >= 4 is 34.3 Å². The van der Waals surface area contributed by atoms with E-state index in [9.17, 15) is 9.90 Å². The third kappa shape index (κ3) is 3.98. The lowest BCUT2D eigenvalue weighted by atomic mass is 10.0. The summed E-state index contributed by atoms with van der Waals surface area (Å²) >= 11 is 3.19. The van der Waals surface area contributed by atoms with Gasteiger partial charge < -0.3 is 15.2 Å². The van der Waals surface area contributed by atoms with Gasteiger partial charge >= 0.3 is 0 Å². The number of aromatic nitrogens is 3. The number of ether oxygens (including phenoxy) is 1. The summed E-state index contributed by atoms with van der Waals surface area (Å²) in [6, 6.07) is 2.03. The first-order valence-electron chi connectivity index (χ1n) is 10.9. The zero-order chi connectivity index (χ0) is 22.4. The molecule has 0 bridgehead atoms. The Labute approximate surface area is 194 Å². The summed E-state index contributed by atoms with van der Waals surface area (Å²) in [4.78, 5) is 29.6. The molecule has 1 aliphatic carbocycles. The molecule has 7 nitrogen and oxygen atoms in total. The Morgan fingerprint density at radius 2 is 2.12 bits per heavy atom. The Balaban J connectivity index is 1.42. The number of aryl methyl sites for hydroxylation is 2. The maximum Gasteiger partial charge on any atom is 0.208 e. The lowest BCUT2D eigenvalue weighted by molar-refractivity contribution is 0.0679. The van der Waals surface area contributed by atoms with Crippen molar-refractivity contribution in [2.24, 2.45) is 5.92 Å². The Kier molecular flexibility index (Phi) is 5.83. The molecule has 2 aliphatic rings. The predicted molar refractivity (Wildman–Crippen MR) is 125 cm³/mol. The molecule has 0 saturated heterocycles. The van der Waals surface area contributed by atoms with Crippen LogP contribution in [-0.4, -0.2) is 44.6 Å². The van der Waals surface area contributed by atoms with Crippen LogP contribution in [0.25, 0.3) is 0 Å². The summed E-state index contributed by atoms with van der Waals surface area (Å²) in [5.41, 5.74) is 2.44. The fourth-order valence-corrected chi connectivity index (χ4v) is 6.55. The fraction of sp³-hybridized carbons (Fsp3) is 0.478. The number of aliphatic hydroxyl groups is 1. The molecule has 9 heteroatoms. The molecule has 3 aromatic rings. The van der Waals surface area contributed by atoms with Gasteiger partial charge in [0, 0.05) is 34.0 Å². The van der Waals surface area contributed by atoms with E-state index in [-0.39, 0.29) is 30.0 Å². The number of rotatable bonds is 5. The average molecular weight is 471 g/mol. The molecule has 4 atom stereocenters. The van der Waals surface area contributed by atoms with E-state index in [2.05, 4.69) is 15.3 Å². The van der Waals surface area contributed by atoms with Crippen molar-refractivity contribution in [2.75, 3.05) is 11.9 Å². The highest BCUT2D eigenvalue weighted by atomic mass is 32.1. The summed E-state index contributed by atoms with van der Waals surface area (Å²) in [5.74, 6) is 0.644. The standard InChI is InChI=1S/C23H26N4O3S2/c1-11-6-14(7-17(11)28)27-23-16(9-24-10-25-23)21(29)19-8-15(12(2)31-19)22-20-18(4-5-30-22)32-13(3)26-20/h8-11,14,17,22,28H,4-7H2,1-3H3,(H,24,25,27)/t11-,14-,17-,22-/m1/s1. The first kappa shape index (κ1) is 21.6. The number of carbonyl (C=O) groups is 1. The second kappa shape index (κ2) is 8.62. The molecule has 0 radical (unpaired) electrons. The van der Waals surface area contributed by atoms with Gasteiger partial charge in [-0.2, -0.15) is 0 Å². The van der Waals surface area contributed by atoms with E-state index in [1.54, 1.807) is 17.5 Å². The number of hydrogen-bond acceptors (Lipinski definition) is 9. The molecular formula is C23H26N4O3S2. The van der Waals surface area contributed by atoms with Crippen LogP contribution in [0.4, 0.5) is 5.82 Å². The van der Waals surface area contributed by atoms with E-state index < -0.39 is 0 Å². The van der Waals surface area contributed by atoms with Gasteiger partial charge in [-0.3, -0.25) is 4.79 Å². The normalized spacial score (nSPS) is 25.0. The molecule has 2 N–H and O–H groups in total. The number of thiazole rings is 1. The number of ketones is 1. The molecule has 168 valence electrons. The number of hydrogen-bond donors (Lipinski definition) is 2. The SMILES string of the molecule is Cc1nc2c(s1)CCO[C@@H]2c1cc(C(=O)c2cncnc2N[C@@H]2C[C@@H](C)[C@H](O)C2)sc1C. The second-order valence-corrected chi connectivity index (χ2v) is 11.2. The van der Waals surface area contributed by atoms with Crippen molar-refractivity contribution < 1.29 is 14.6 Å². The molecule has 5 rings (SSSR count). The predicted octanol–water partition coefficient (Wildman–Crippen LogP) is 4.08. The van der Waals surface area contributed by atoms with Crippen molar-refractivity contribution in [3.63, 3.8) is 0 Å². The van der Waals surface area contributed by atoms with Gasteiger partial charge in [0.05, 0.1) is 33.9 Å². The molecular weight excluding hydrogens is 444 g/mol. The van der Waals surface area contributed by atoms with Gasteiger partial charge in [-0.05, 0) is 38.7 Å². The fourth-order valence-electron chi connectivity index (χ4n) is 4.60. The molecule has 0 aromatic carbocycles. The summed E-state index contributed by atoms with van der Waals surface area (Å²) in [7, 11) is 0. The van der Waals surface area contributed by atoms with Crippen molar-refractivity contribution in [1.29, 1.82) is 0 Å². The monoisotopic (exact) mass is 470 g/mol. The molecule has 1 saturated carbocycles. The van der Waals surface area contributed by atoms with E-state index in [0.29, 0.717) is 29.3 Å². The molecule has 3 aromatic heterocycles. The van der Waals surface area contributed by atoms with Gasteiger partial charge in [0.1, 0.15) is 18.2 Å². The van der Waals surface area contributed by atoms with Crippen LogP contribution in [0.2, 0.25) is 0 Å². The van der Waals surface area contributed by atoms with Crippen molar-refractivity contribution in [1.82, 2.24) is 15.0 Å². The summed E-state index contributed by atoms with van der Waals surface area (Å²) in [6.07, 6.45) is 4.84. The average Bonchev–Trinajstić information content (AvgIpc) is 3.43. The number of carbonyl (C=O) groups excluding carboxylic acids is 1. The van der Waals surface area contributed by atoms with E-state index in [1.807, 2.05) is 26.8 Å². The van der Waals surface area contributed by atoms with Crippen LogP contribution in [0.5, 0.6) is 0 Å². The highest BCUT2D eigenvalue weighted by Gasteiger charge is 2.32. The van der Waals surface area contributed by atoms with E-state index >= 15 is 0 Å².